The molecule has 1 saturated carbocycles. The number of nitrogens with zero attached hydrogens (tertiary/aromatic N) is 3. The summed E-state index contributed by atoms with van der Waals surface area (Å²) in [4.78, 5) is 7.13. The zero-order chi connectivity index (χ0) is 16.2. The van der Waals surface area contributed by atoms with Gasteiger partial charge in [0.2, 0.25) is 0 Å². The van der Waals surface area contributed by atoms with Gasteiger partial charge in [0, 0.05) is 24.7 Å². The number of hydrogen-bond donors (Lipinski definition) is 1. The van der Waals surface area contributed by atoms with E-state index in [1.165, 1.54) is 55.3 Å². The Balaban J connectivity index is 1.93. The molecule has 1 aromatic rings. The topological polar surface area (TPSA) is 52.0 Å². The van der Waals surface area contributed by atoms with E-state index < -0.39 is 0 Å². The van der Waals surface area contributed by atoms with Crippen molar-refractivity contribution < 1.29 is 0 Å². The van der Waals surface area contributed by atoms with Gasteiger partial charge in [-0.1, -0.05) is 19.3 Å². The van der Waals surface area contributed by atoms with E-state index in [2.05, 4.69) is 30.4 Å². The standard InChI is InChI=1S/C19H28N4/c1-23(2)12-11-21-19-17(13-20)15-9-6-10-16(15)18(22-19)14-7-4-3-5-8-14/h14H,3-12H2,1-2H3,(H,21,22). The van der Waals surface area contributed by atoms with Crippen LogP contribution in [0.15, 0.2) is 0 Å². The van der Waals surface area contributed by atoms with E-state index in [9.17, 15) is 5.26 Å². The second-order valence-electron chi connectivity index (χ2n) is 7.21. The second-order valence-corrected chi connectivity index (χ2v) is 7.21. The minimum absolute atomic E-state index is 0.609. The van der Waals surface area contributed by atoms with Gasteiger partial charge in [-0.05, 0) is 57.3 Å². The lowest BCUT2D eigenvalue weighted by molar-refractivity contribution is 0.424. The summed E-state index contributed by atoms with van der Waals surface area (Å²) in [6.07, 6.45) is 9.87. The largest absolute Gasteiger partial charge is 0.368 e. The zero-order valence-corrected chi connectivity index (χ0v) is 14.5. The van der Waals surface area contributed by atoms with E-state index >= 15 is 0 Å². The second kappa shape index (κ2) is 7.31. The Labute approximate surface area is 139 Å². The van der Waals surface area contributed by atoms with Gasteiger partial charge in [-0.25, -0.2) is 4.98 Å². The van der Waals surface area contributed by atoms with Crippen LogP contribution in [-0.2, 0) is 12.8 Å². The van der Waals surface area contributed by atoms with Gasteiger partial charge >= 0.3 is 0 Å². The summed E-state index contributed by atoms with van der Waals surface area (Å²) in [6, 6.07) is 2.43. The monoisotopic (exact) mass is 312 g/mol. The van der Waals surface area contributed by atoms with Crippen LogP contribution in [0.5, 0.6) is 0 Å². The number of likely N-dealkylation sites (N-methyl/N-ethyl adjacent to an activating group) is 1. The normalized spacial score (nSPS) is 18.0. The molecule has 0 saturated heterocycles. The van der Waals surface area contributed by atoms with Crippen molar-refractivity contribution in [3.05, 3.63) is 22.4 Å². The number of anilines is 1. The zero-order valence-electron chi connectivity index (χ0n) is 14.5. The Bertz CT molecular complexity index is 594. The van der Waals surface area contributed by atoms with Crippen LogP contribution in [0.25, 0.3) is 0 Å². The van der Waals surface area contributed by atoms with E-state index in [1.807, 2.05) is 0 Å². The molecule has 23 heavy (non-hydrogen) atoms. The van der Waals surface area contributed by atoms with Crippen LogP contribution in [0.2, 0.25) is 0 Å². The smallest absolute Gasteiger partial charge is 0.144 e. The van der Waals surface area contributed by atoms with Crippen molar-refractivity contribution in [2.45, 2.75) is 57.3 Å². The molecule has 0 spiro atoms. The molecule has 4 nitrogen and oxygen atoms in total. The number of rotatable bonds is 5. The van der Waals surface area contributed by atoms with E-state index in [0.29, 0.717) is 5.92 Å². The predicted molar refractivity (Wildman–Crippen MR) is 93.8 cm³/mol. The summed E-state index contributed by atoms with van der Waals surface area (Å²) in [5.41, 5.74) is 4.81. The number of nitriles is 1. The van der Waals surface area contributed by atoms with E-state index in [-0.39, 0.29) is 0 Å². The fraction of sp³-hybridized carbons (Fsp3) is 0.684. The maximum Gasteiger partial charge on any atom is 0.144 e. The predicted octanol–water partition coefficient (Wildman–Crippen LogP) is 3.46. The molecular formula is C19H28N4. The van der Waals surface area contributed by atoms with Crippen LogP contribution in [0, 0.1) is 11.3 Å². The highest BCUT2D eigenvalue weighted by Gasteiger charge is 2.28. The van der Waals surface area contributed by atoms with Crippen molar-refractivity contribution in [1.82, 2.24) is 9.88 Å². The van der Waals surface area contributed by atoms with Gasteiger partial charge in [-0.3, -0.25) is 0 Å². The molecule has 1 fully saturated rings. The molecule has 1 aromatic heterocycles. The van der Waals surface area contributed by atoms with Crippen LogP contribution in [0.4, 0.5) is 5.82 Å². The molecule has 4 heteroatoms. The summed E-state index contributed by atoms with van der Waals surface area (Å²) in [5, 5.41) is 13.1. The SMILES string of the molecule is CN(C)CCNc1nc(C2CCCCC2)c2c(c1C#N)CCC2. The molecule has 3 rings (SSSR count). The van der Waals surface area contributed by atoms with Crippen LogP contribution >= 0.6 is 0 Å². The van der Waals surface area contributed by atoms with Gasteiger partial charge in [0.25, 0.3) is 0 Å². The number of aromatic nitrogens is 1. The van der Waals surface area contributed by atoms with Crippen LogP contribution in [0.1, 0.15) is 66.8 Å². The summed E-state index contributed by atoms with van der Waals surface area (Å²) in [7, 11) is 4.13. The minimum atomic E-state index is 0.609. The summed E-state index contributed by atoms with van der Waals surface area (Å²) >= 11 is 0. The lowest BCUT2D eigenvalue weighted by Crippen LogP contribution is -2.22. The van der Waals surface area contributed by atoms with Crippen molar-refractivity contribution in [3.8, 4) is 6.07 Å². The highest BCUT2D eigenvalue weighted by Crippen LogP contribution is 2.39. The average Bonchev–Trinajstić information content (AvgIpc) is 3.04. The molecule has 1 heterocycles. The molecular weight excluding hydrogens is 284 g/mol. The van der Waals surface area contributed by atoms with Gasteiger partial charge in [0.15, 0.2) is 0 Å². The molecule has 0 unspecified atom stereocenters. The molecule has 0 atom stereocenters. The molecule has 0 amide bonds. The Morgan fingerprint density at radius 3 is 2.57 bits per heavy atom. The third-order valence-electron chi connectivity index (χ3n) is 5.25. The van der Waals surface area contributed by atoms with Gasteiger partial charge in [-0.2, -0.15) is 5.26 Å². The fourth-order valence-electron chi connectivity index (χ4n) is 4.05. The lowest BCUT2D eigenvalue weighted by atomic mass is 9.84. The Hall–Kier alpha value is -1.60. The number of hydrogen-bond acceptors (Lipinski definition) is 4. The number of pyridine rings is 1. The van der Waals surface area contributed by atoms with Crippen molar-refractivity contribution in [3.63, 3.8) is 0 Å². The van der Waals surface area contributed by atoms with Crippen LogP contribution in [-0.4, -0.2) is 37.1 Å². The molecule has 1 N–H and O–H groups in total. The van der Waals surface area contributed by atoms with Crippen molar-refractivity contribution in [1.29, 1.82) is 5.26 Å². The van der Waals surface area contributed by atoms with E-state index in [0.717, 1.165) is 37.3 Å². The van der Waals surface area contributed by atoms with Crippen molar-refractivity contribution in [2.75, 3.05) is 32.5 Å². The van der Waals surface area contributed by atoms with E-state index in [4.69, 9.17) is 4.98 Å². The van der Waals surface area contributed by atoms with E-state index in [1.54, 1.807) is 0 Å². The molecule has 124 valence electrons. The maximum absolute atomic E-state index is 9.65. The summed E-state index contributed by atoms with van der Waals surface area (Å²) in [5.74, 6) is 1.44. The van der Waals surface area contributed by atoms with Gasteiger partial charge < -0.3 is 10.2 Å². The molecule has 0 aliphatic heterocycles. The number of fused-ring (bicyclic) bond motifs is 1. The third-order valence-corrected chi connectivity index (χ3v) is 5.25. The molecule has 0 aromatic carbocycles. The van der Waals surface area contributed by atoms with Gasteiger partial charge in [-0.15, -0.1) is 0 Å². The Morgan fingerprint density at radius 1 is 1.13 bits per heavy atom. The maximum atomic E-state index is 9.65. The minimum Gasteiger partial charge on any atom is -0.368 e. The van der Waals surface area contributed by atoms with Crippen LogP contribution < -0.4 is 5.32 Å². The lowest BCUT2D eigenvalue weighted by Gasteiger charge is -2.25. The molecule has 2 aliphatic carbocycles. The van der Waals surface area contributed by atoms with Gasteiger partial charge in [0.1, 0.15) is 11.9 Å². The first-order valence-electron chi connectivity index (χ1n) is 9.05. The van der Waals surface area contributed by atoms with Crippen LogP contribution in [0.3, 0.4) is 0 Å². The Kier molecular flexibility index (Phi) is 5.17. The molecule has 2 aliphatic rings. The third kappa shape index (κ3) is 3.50. The van der Waals surface area contributed by atoms with Crippen molar-refractivity contribution in [2.24, 2.45) is 0 Å². The molecule has 0 radical (unpaired) electrons. The number of nitrogens with one attached hydrogen (secondary N) is 1. The fourth-order valence-corrected chi connectivity index (χ4v) is 4.05. The highest BCUT2D eigenvalue weighted by molar-refractivity contribution is 5.61. The average molecular weight is 312 g/mol. The quantitative estimate of drug-likeness (QED) is 0.904. The summed E-state index contributed by atoms with van der Waals surface area (Å²) in [6.45, 7) is 1.78. The first kappa shape index (κ1) is 16.3. The van der Waals surface area contributed by atoms with Crippen molar-refractivity contribution >= 4 is 5.82 Å². The highest BCUT2D eigenvalue weighted by atomic mass is 15.1. The van der Waals surface area contributed by atoms with Gasteiger partial charge in [0.05, 0.1) is 5.56 Å². The molecule has 0 bridgehead atoms. The summed E-state index contributed by atoms with van der Waals surface area (Å²) < 4.78 is 0. The Morgan fingerprint density at radius 2 is 1.87 bits per heavy atom. The first-order valence-corrected chi connectivity index (χ1v) is 9.05. The first-order chi connectivity index (χ1) is 11.2.